The minimum absolute atomic E-state index is 0.144. The van der Waals surface area contributed by atoms with Crippen LogP contribution in [0.3, 0.4) is 0 Å². The maximum atomic E-state index is 13.4. The third kappa shape index (κ3) is 3.57. The van der Waals surface area contributed by atoms with E-state index in [0.717, 1.165) is 17.3 Å². The zero-order valence-electron chi connectivity index (χ0n) is 14.0. The van der Waals surface area contributed by atoms with Crippen molar-refractivity contribution in [3.63, 3.8) is 0 Å². The Hall–Kier alpha value is -2.25. The van der Waals surface area contributed by atoms with E-state index in [4.69, 9.17) is 0 Å². The summed E-state index contributed by atoms with van der Waals surface area (Å²) in [7, 11) is -3.98. The van der Waals surface area contributed by atoms with Gasteiger partial charge >= 0.3 is 0 Å². The standard InChI is InChI=1S/C18H19FN2O3S/c1-12-3-7-15(8-4-12)21-10-9-16(18(21)22)20-25(23,24)17-11-14(19)6-5-13(17)2/h3-8,11,16,20H,9-10H2,1-2H3/t16-/m1/s1. The quantitative estimate of drug-likeness (QED) is 0.909. The second-order valence-electron chi connectivity index (χ2n) is 6.20. The first-order valence-electron chi connectivity index (χ1n) is 7.94. The summed E-state index contributed by atoms with van der Waals surface area (Å²) in [6, 6.07) is 10.2. The number of halogens is 1. The molecule has 0 aromatic heterocycles. The van der Waals surface area contributed by atoms with Gasteiger partial charge in [0.25, 0.3) is 0 Å². The van der Waals surface area contributed by atoms with Crippen LogP contribution in [-0.4, -0.2) is 26.9 Å². The van der Waals surface area contributed by atoms with Crippen LogP contribution < -0.4 is 9.62 Å². The van der Waals surface area contributed by atoms with Crippen molar-refractivity contribution in [2.75, 3.05) is 11.4 Å². The minimum Gasteiger partial charge on any atom is -0.311 e. The molecule has 7 heteroatoms. The van der Waals surface area contributed by atoms with Crippen molar-refractivity contribution in [2.24, 2.45) is 0 Å². The van der Waals surface area contributed by atoms with Crippen LogP contribution in [0, 0.1) is 19.7 Å². The predicted octanol–water partition coefficient (Wildman–Crippen LogP) is 2.53. The molecule has 2 aromatic carbocycles. The smallest absolute Gasteiger partial charge is 0.245 e. The van der Waals surface area contributed by atoms with Crippen molar-refractivity contribution in [3.05, 3.63) is 59.4 Å². The van der Waals surface area contributed by atoms with Gasteiger partial charge in [0, 0.05) is 12.2 Å². The Bertz CT molecular complexity index is 910. The molecule has 0 radical (unpaired) electrons. The number of anilines is 1. The van der Waals surface area contributed by atoms with Gasteiger partial charge in [-0.1, -0.05) is 23.8 Å². The third-order valence-electron chi connectivity index (χ3n) is 4.29. The maximum Gasteiger partial charge on any atom is 0.245 e. The molecule has 0 spiro atoms. The lowest BCUT2D eigenvalue weighted by Gasteiger charge is -2.18. The summed E-state index contributed by atoms with van der Waals surface area (Å²) in [5.41, 5.74) is 2.24. The summed E-state index contributed by atoms with van der Waals surface area (Å²) in [6.45, 7) is 3.97. The minimum atomic E-state index is -3.98. The van der Waals surface area contributed by atoms with E-state index in [1.54, 1.807) is 11.8 Å². The molecule has 25 heavy (non-hydrogen) atoms. The van der Waals surface area contributed by atoms with Crippen molar-refractivity contribution in [1.82, 2.24) is 4.72 Å². The van der Waals surface area contributed by atoms with Gasteiger partial charge < -0.3 is 4.90 Å². The average molecular weight is 362 g/mol. The highest BCUT2D eigenvalue weighted by atomic mass is 32.2. The molecule has 1 saturated heterocycles. The predicted molar refractivity (Wildman–Crippen MR) is 93.4 cm³/mol. The van der Waals surface area contributed by atoms with Crippen LogP contribution in [0.4, 0.5) is 10.1 Å². The van der Waals surface area contributed by atoms with Crippen LogP contribution in [0.15, 0.2) is 47.4 Å². The van der Waals surface area contributed by atoms with Gasteiger partial charge in [0.05, 0.1) is 4.90 Å². The first kappa shape index (κ1) is 17.6. The van der Waals surface area contributed by atoms with E-state index in [0.29, 0.717) is 18.5 Å². The van der Waals surface area contributed by atoms with Gasteiger partial charge in [0.15, 0.2) is 0 Å². The third-order valence-corrected chi connectivity index (χ3v) is 5.90. The molecule has 0 aliphatic carbocycles. The number of carbonyl (C=O) groups excluding carboxylic acids is 1. The van der Waals surface area contributed by atoms with E-state index in [1.165, 1.54) is 12.1 Å². The van der Waals surface area contributed by atoms with Crippen LogP contribution in [0.2, 0.25) is 0 Å². The molecule has 1 amide bonds. The topological polar surface area (TPSA) is 66.5 Å². The number of hydrogen-bond donors (Lipinski definition) is 1. The highest BCUT2D eigenvalue weighted by Gasteiger charge is 2.36. The molecule has 1 aliphatic heterocycles. The zero-order valence-corrected chi connectivity index (χ0v) is 14.8. The van der Waals surface area contributed by atoms with Crippen molar-refractivity contribution in [3.8, 4) is 0 Å². The van der Waals surface area contributed by atoms with Crippen LogP contribution in [0.25, 0.3) is 0 Å². The van der Waals surface area contributed by atoms with Crippen molar-refractivity contribution < 1.29 is 17.6 Å². The van der Waals surface area contributed by atoms with E-state index < -0.39 is 21.9 Å². The number of rotatable bonds is 4. The SMILES string of the molecule is Cc1ccc(N2CC[C@@H](NS(=O)(=O)c3cc(F)ccc3C)C2=O)cc1. The second-order valence-corrected chi connectivity index (χ2v) is 7.88. The average Bonchev–Trinajstić information content (AvgIpc) is 2.91. The van der Waals surface area contributed by atoms with Gasteiger partial charge in [-0.25, -0.2) is 12.8 Å². The van der Waals surface area contributed by atoms with Crippen LogP contribution >= 0.6 is 0 Å². The lowest BCUT2D eigenvalue weighted by molar-refractivity contribution is -0.118. The molecule has 1 heterocycles. The maximum absolute atomic E-state index is 13.4. The zero-order chi connectivity index (χ0) is 18.2. The molecular weight excluding hydrogens is 343 g/mol. The summed E-state index contributed by atoms with van der Waals surface area (Å²) < 4.78 is 40.9. The van der Waals surface area contributed by atoms with Crippen molar-refractivity contribution in [2.45, 2.75) is 31.2 Å². The summed E-state index contributed by atoms with van der Waals surface area (Å²) >= 11 is 0. The molecular formula is C18H19FN2O3S. The Morgan fingerprint density at radius 3 is 2.48 bits per heavy atom. The Morgan fingerprint density at radius 2 is 1.80 bits per heavy atom. The number of nitrogens with one attached hydrogen (secondary N) is 1. The fourth-order valence-electron chi connectivity index (χ4n) is 2.88. The first-order chi connectivity index (χ1) is 11.8. The van der Waals surface area contributed by atoms with E-state index >= 15 is 0 Å². The highest BCUT2D eigenvalue weighted by molar-refractivity contribution is 7.89. The number of amides is 1. The van der Waals surface area contributed by atoms with E-state index in [9.17, 15) is 17.6 Å². The largest absolute Gasteiger partial charge is 0.311 e. The van der Waals surface area contributed by atoms with E-state index in [2.05, 4.69) is 4.72 Å². The molecule has 1 fully saturated rings. The van der Waals surface area contributed by atoms with Crippen LogP contribution in [0.5, 0.6) is 0 Å². The number of hydrogen-bond acceptors (Lipinski definition) is 3. The van der Waals surface area contributed by atoms with Gasteiger partial charge in [-0.15, -0.1) is 0 Å². The van der Waals surface area contributed by atoms with Crippen LogP contribution in [0.1, 0.15) is 17.5 Å². The fraction of sp³-hybridized carbons (Fsp3) is 0.278. The lowest BCUT2D eigenvalue weighted by Crippen LogP contribution is -2.41. The van der Waals surface area contributed by atoms with Gasteiger partial charge in [0.1, 0.15) is 11.9 Å². The Morgan fingerprint density at radius 1 is 1.12 bits per heavy atom. The molecule has 1 aliphatic rings. The Kier molecular flexibility index (Phi) is 4.62. The summed E-state index contributed by atoms with van der Waals surface area (Å²) in [5.74, 6) is -0.938. The molecule has 2 aromatic rings. The normalized spacial score (nSPS) is 18.0. The van der Waals surface area contributed by atoms with E-state index in [1.807, 2.05) is 31.2 Å². The molecule has 1 N–H and O–H groups in total. The number of sulfonamides is 1. The van der Waals surface area contributed by atoms with Gasteiger partial charge in [-0.05, 0) is 50.1 Å². The lowest BCUT2D eigenvalue weighted by atomic mass is 10.2. The van der Waals surface area contributed by atoms with Crippen LogP contribution in [-0.2, 0) is 14.8 Å². The second kappa shape index (κ2) is 6.57. The fourth-order valence-corrected chi connectivity index (χ4v) is 4.36. The Labute approximate surface area is 146 Å². The summed E-state index contributed by atoms with van der Waals surface area (Å²) in [4.78, 5) is 14.0. The highest BCUT2D eigenvalue weighted by Crippen LogP contribution is 2.24. The molecule has 5 nitrogen and oxygen atoms in total. The number of aryl methyl sites for hydroxylation is 2. The summed E-state index contributed by atoms with van der Waals surface area (Å²) in [6.07, 6.45) is 0.361. The Balaban J connectivity index is 1.80. The molecule has 1 atom stereocenters. The molecule has 0 bridgehead atoms. The van der Waals surface area contributed by atoms with Crippen molar-refractivity contribution in [1.29, 1.82) is 0 Å². The molecule has 0 saturated carbocycles. The summed E-state index contributed by atoms with van der Waals surface area (Å²) in [5, 5.41) is 0. The van der Waals surface area contributed by atoms with Gasteiger partial charge in [0.2, 0.25) is 15.9 Å². The molecule has 3 rings (SSSR count). The number of nitrogens with zero attached hydrogens (tertiary/aromatic N) is 1. The molecule has 0 unspecified atom stereocenters. The van der Waals surface area contributed by atoms with E-state index in [-0.39, 0.29) is 10.8 Å². The number of carbonyl (C=O) groups is 1. The van der Waals surface area contributed by atoms with Crippen molar-refractivity contribution >= 4 is 21.6 Å². The monoisotopic (exact) mass is 362 g/mol. The molecule has 132 valence electrons. The first-order valence-corrected chi connectivity index (χ1v) is 9.43. The van der Waals surface area contributed by atoms with Gasteiger partial charge in [-0.2, -0.15) is 4.72 Å². The van der Waals surface area contributed by atoms with Gasteiger partial charge in [-0.3, -0.25) is 4.79 Å². The number of benzene rings is 2.